The highest BCUT2D eigenvalue weighted by Gasteiger charge is 2.21. The van der Waals surface area contributed by atoms with Crippen LogP contribution in [0.5, 0.6) is 0 Å². The number of pyridine rings is 1. The summed E-state index contributed by atoms with van der Waals surface area (Å²) in [5.41, 5.74) is 0.843. The predicted molar refractivity (Wildman–Crippen MR) is 66.6 cm³/mol. The monoisotopic (exact) mass is 259 g/mol. The van der Waals surface area contributed by atoms with Crippen LogP contribution in [0.25, 0.3) is 0 Å². The van der Waals surface area contributed by atoms with Crippen LogP contribution in [0.4, 0.5) is 0 Å². The van der Waals surface area contributed by atoms with Crippen LogP contribution in [0.15, 0.2) is 16.9 Å². The fraction of sp³-hybridized carbons (Fsp3) is 0.385. The zero-order chi connectivity index (χ0) is 13.8. The average Bonchev–Trinajstić information content (AvgIpc) is 2.40. The molecule has 0 aromatic carbocycles. The Balaban J connectivity index is 2.32. The second-order valence-electron chi connectivity index (χ2n) is 4.33. The minimum atomic E-state index is -0.407. The van der Waals surface area contributed by atoms with E-state index >= 15 is 0 Å². The largest absolute Gasteiger partial charge is 0.341 e. The van der Waals surface area contributed by atoms with Crippen LogP contribution in [0.2, 0.25) is 0 Å². The molecule has 98 valence electrons. The minimum absolute atomic E-state index is 0.00688. The van der Waals surface area contributed by atoms with Crippen LogP contribution in [0.3, 0.4) is 0 Å². The van der Waals surface area contributed by atoms with E-state index in [2.05, 4.69) is 5.32 Å². The summed E-state index contributed by atoms with van der Waals surface area (Å²) < 4.78 is 1.32. The van der Waals surface area contributed by atoms with Crippen molar-refractivity contribution in [1.82, 2.24) is 9.88 Å². The van der Waals surface area contributed by atoms with E-state index in [0.29, 0.717) is 30.5 Å². The molecule has 1 amide bonds. The lowest BCUT2D eigenvalue weighted by Gasteiger charge is -2.19. The third-order valence-corrected chi connectivity index (χ3v) is 3.08. The number of nitrogens with one attached hydrogen (secondary N) is 1. The van der Waals surface area contributed by atoms with E-state index < -0.39 is 5.91 Å². The molecule has 1 aromatic heterocycles. The van der Waals surface area contributed by atoms with Crippen molar-refractivity contribution >= 4 is 11.7 Å². The maximum absolute atomic E-state index is 11.8. The molecule has 1 aromatic rings. The van der Waals surface area contributed by atoms with E-state index in [1.54, 1.807) is 6.07 Å². The van der Waals surface area contributed by atoms with Gasteiger partial charge in [-0.1, -0.05) is 0 Å². The first-order valence-corrected chi connectivity index (χ1v) is 6.03. The third kappa shape index (κ3) is 2.71. The van der Waals surface area contributed by atoms with E-state index in [-0.39, 0.29) is 24.4 Å². The molecule has 0 aliphatic heterocycles. The molecule has 0 saturated carbocycles. The van der Waals surface area contributed by atoms with Crippen LogP contribution in [0, 0.1) is 11.3 Å². The van der Waals surface area contributed by atoms with Crippen LogP contribution >= 0.6 is 0 Å². The summed E-state index contributed by atoms with van der Waals surface area (Å²) >= 11 is 0. The van der Waals surface area contributed by atoms with Gasteiger partial charge in [0.15, 0.2) is 5.78 Å². The van der Waals surface area contributed by atoms with Gasteiger partial charge in [0.2, 0.25) is 5.91 Å². The Morgan fingerprint density at radius 3 is 2.89 bits per heavy atom. The molecule has 19 heavy (non-hydrogen) atoms. The van der Waals surface area contributed by atoms with Gasteiger partial charge in [-0.25, -0.2) is 0 Å². The molecule has 0 atom stereocenters. The number of rotatable bonds is 3. The number of hydrogen-bond donors (Lipinski definition) is 1. The molecule has 0 unspecified atom stereocenters. The summed E-state index contributed by atoms with van der Waals surface area (Å²) in [5, 5.41) is 10.8. The Bertz CT molecular complexity index is 625. The van der Waals surface area contributed by atoms with Gasteiger partial charge in [0.25, 0.3) is 5.56 Å². The molecule has 0 radical (unpaired) electrons. The van der Waals surface area contributed by atoms with Gasteiger partial charge in [-0.2, -0.15) is 5.26 Å². The molecule has 1 aliphatic rings. The maximum atomic E-state index is 11.8. The standard InChI is InChI=1S/C13H13N3O3/c14-6-7-15-12(18)8-16-10-2-1-3-11(17)9(10)4-5-13(16)19/h4-5H,1-3,7-8H2,(H,15,18). The number of amides is 1. The minimum Gasteiger partial charge on any atom is -0.341 e. The first-order valence-electron chi connectivity index (χ1n) is 6.03. The number of fused-ring (bicyclic) bond motifs is 1. The number of Topliss-reactive ketones (excluding diaryl/α,β-unsaturated/α-hetero) is 1. The lowest BCUT2D eigenvalue weighted by Crippen LogP contribution is -2.35. The van der Waals surface area contributed by atoms with Crippen molar-refractivity contribution in [3.8, 4) is 6.07 Å². The van der Waals surface area contributed by atoms with Crippen LogP contribution < -0.4 is 10.9 Å². The summed E-state index contributed by atoms with van der Waals surface area (Å²) in [5.74, 6) is -0.400. The van der Waals surface area contributed by atoms with Crippen molar-refractivity contribution in [3.63, 3.8) is 0 Å². The highest BCUT2D eigenvalue weighted by molar-refractivity contribution is 5.98. The number of nitriles is 1. The molecule has 0 spiro atoms. The normalized spacial score (nSPS) is 13.5. The number of nitrogens with zero attached hydrogens (tertiary/aromatic N) is 2. The second kappa shape index (κ2) is 5.48. The fourth-order valence-corrected chi connectivity index (χ4v) is 2.20. The van der Waals surface area contributed by atoms with Crippen molar-refractivity contribution in [3.05, 3.63) is 33.7 Å². The van der Waals surface area contributed by atoms with Crippen LogP contribution in [-0.2, 0) is 17.8 Å². The van der Waals surface area contributed by atoms with Gasteiger partial charge in [0.1, 0.15) is 13.1 Å². The van der Waals surface area contributed by atoms with Gasteiger partial charge in [-0.15, -0.1) is 0 Å². The Morgan fingerprint density at radius 2 is 2.16 bits per heavy atom. The molecule has 1 aliphatic carbocycles. The maximum Gasteiger partial charge on any atom is 0.251 e. The summed E-state index contributed by atoms with van der Waals surface area (Å²) in [4.78, 5) is 35.1. The van der Waals surface area contributed by atoms with Crippen molar-refractivity contribution < 1.29 is 9.59 Å². The fourth-order valence-electron chi connectivity index (χ4n) is 2.20. The molecule has 2 rings (SSSR count). The Morgan fingerprint density at radius 1 is 1.37 bits per heavy atom. The number of carbonyl (C=O) groups excluding carboxylic acids is 2. The molecular weight excluding hydrogens is 246 g/mol. The Hall–Kier alpha value is -2.42. The van der Waals surface area contributed by atoms with Crippen LogP contribution in [0.1, 0.15) is 28.9 Å². The quantitative estimate of drug-likeness (QED) is 0.774. The number of hydrogen-bond acceptors (Lipinski definition) is 4. The summed E-state index contributed by atoms with van der Waals surface area (Å²) in [6.45, 7) is -0.251. The lowest BCUT2D eigenvalue weighted by atomic mass is 9.94. The van der Waals surface area contributed by atoms with Gasteiger partial charge < -0.3 is 9.88 Å². The van der Waals surface area contributed by atoms with Crippen LogP contribution in [-0.4, -0.2) is 22.8 Å². The predicted octanol–water partition coefficient (Wildman–Crippen LogP) is 0.00708. The smallest absolute Gasteiger partial charge is 0.251 e. The van der Waals surface area contributed by atoms with Crippen molar-refractivity contribution in [2.45, 2.75) is 25.8 Å². The van der Waals surface area contributed by atoms with Crippen molar-refractivity contribution in [2.75, 3.05) is 6.54 Å². The molecule has 0 fully saturated rings. The summed E-state index contributed by atoms with van der Waals surface area (Å²) in [6.07, 6.45) is 1.78. The van der Waals surface area contributed by atoms with E-state index in [1.165, 1.54) is 16.7 Å². The zero-order valence-electron chi connectivity index (χ0n) is 10.3. The van der Waals surface area contributed by atoms with Crippen molar-refractivity contribution in [2.24, 2.45) is 0 Å². The molecular formula is C13H13N3O3. The van der Waals surface area contributed by atoms with E-state index in [0.717, 1.165) is 0 Å². The summed E-state index contributed by atoms with van der Waals surface area (Å²) in [6, 6.07) is 4.63. The van der Waals surface area contributed by atoms with Gasteiger partial charge in [-0.3, -0.25) is 14.4 Å². The topological polar surface area (TPSA) is 92.0 Å². The van der Waals surface area contributed by atoms with Gasteiger partial charge in [0, 0.05) is 23.7 Å². The van der Waals surface area contributed by atoms with E-state index in [9.17, 15) is 14.4 Å². The molecule has 6 nitrogen and oxygen atoms in total. The highest BCUT2D eigenvalue weighted by atomic mass is 16.2. The first-order chi connectivity index (χ1) is 9.13. The molecule has 0 bridgehead atoms. The molecule has 1 N–H and O–H groups in total. The Labute approximate surface area is 109 Å². The van der Waals surface area contributed by atoms with Gasteiger partial charge in [-0.05, 0) is 18.9 Å². The number of ketones is 1. The van der Waals surface area contributed by atoms with E-state index in [1.807, 2.05) is 0 Å². The van der Waals surface area contributed by atoms with Crippen molar-refractivity contribution in [1.29, 1.82) is 5.26 Å². The highest BCUT2D eigenvalue weighted by Crippen LogP contribution is 2.19. The second-order valence-corrected chi connectivity index (χ2v) is 4.33. The SMILES string of the molecule is N#CCNC(=O)Cn1c2c(ccc1=O)C(=O)CCC2. The third-order valence-electron chi connectivity index (χ3n) is 3.08. The average molecular weight is 259 g/mol. The molecule has 6 heteroatoms. The lowest BCUT2D eigenvalue weighted by molar-refractivity contribution is -0.121. The zero-order valence-corrected chi connectivity index (χ0v) is 10.3. The van der Waals surface area contributed by atoms with Gasteiger partial charge in [0.05, 0.1) is 6.07 Å². The molecule has 1 heterocycles. The number of carbonyl (C=O) groups is 2. The number of aromatic nitrogens is 1. The summed E-state index contributed by atoms with van der Waals surface area (Å²) in [7, 11) is 0. The van der Waals surface area contributed by atoms with Gasteiger partial charge >= 0.3 is 0 Å². The Kier molecular flexibility index (Phi) is 3.76. The molecule has 0 saturated heterocycles. The first kappa shape index (κ1) is 13.0. The van der Waals surface area contributed by atoms with E-state index in [4.69, 9.17) is 5.26 Å².